The van der Waals surface area contributed by atoms with Crippen LogP contribution in [0.2, 0.25) is 0 Å². The number of amides is 1. The molecular weight excluding hydrogens is 316 g/mol. The number of rotatable bonds is 7. The molecule has 126 valence electrons. The summed E-state index contributed by atoms with van der Waals surface area (Å²) in [5.74, 6) is 1.44. The Kier molecular flexibility index (Phi) is 7.71. The molecule has 0 spiro atoms. The second kappa shape index (κ2) is 9.27. The van der Waals surface area contributed by atoms with Crippen molar-refractivity contribution < 1.29 is 9.32 Å². The van der Waals surface area contributed by atoms with Crippen LogP contribution in [0.15, 0.2) is 28.8 Å². The molecule has 0 aliphatic rings. The highest BCUT2D eigenvalue weighted by atomic mass is 35.5. The van der Waals surface area contributed by atoms with E-state index in [4.69, 9.17) is 10.3 Å². The number of aryl methyl sites for hydroxylation is 1. The first-order valence-electron chi connectivity index (χ1n) is 7.50. The summed E-state index contributed by atoms with van der Waals surface area (Å²) in [5, 5.41) is 6.67. The SMILES string of the molecule is CC(C)c1ccc(-c2noc(CCC(=O)NCCN)n2)cc1.Cl. The lowest BCUT2D eigenvalue weighted by Crippen LogP contribution is -2.29. The number of nitrogens with zero attached hydrogens (tertiary/aromatic N) is 2. The van der Waals surface area contributed by atoms with Crippen LogP contribution in [0.4, 0.5) is 0 Å². The Labute approximate surface area is 142 Å². The molecule has 23 heavy (non-hydrogen) atoms. The molecule has 0 fully saturated rings. The van der Waals surface area contributed by atoms with E-state index in [2.05, 4.69) is 41.4 Å². The molecule has 0 radical (unpaired) electrons. The Morgan fingerprint density at radius 3 is 2.61 bits per heavy atom. The molecule has 7 heteroatoms. The third kappa shape index (κ3) is 5.65. The average molecular weight is 339 g/mol. The average Bonchev–Trinajstić information content (AvgIpc) is 3.00. The molecule has 1 aromatic heterocycles. The monoisotopic (exact) mass is 338 g/mol. The first-order chi connectivity index (χ1) is 10.6. The van der Waals surface area contributed by atoms with Gasteiger partial charge in [-0.3, -0.25) is 4.79 Å². The summed E-state index contributed by atoms with van der Waals surface area (Å²) < 4.78 is 5.19. The quantitative estimate of drug-likeness (QED) is 0.807. The summed E-state index contributed by atoms with van der Waals surface area (Å²) >= 11 is 0. The minimum Gasteiger partial charge on any atom is -0.355 e. The molecule has 1 aromatic carbocycles. The number of carbonyl (C=O) groups excluding carboxylic acids is 1. The van der Waals surface area contributed by atoms with Crippen LogP contribution in [0.3, 0.4) is 0 Å². The molecule has 0 saturated carbocycles. The third-order valence-corrected chi connectivity index (χ3v) is 3.34. The van der Waals surface area contributed by atoms with E-state index in [-0.39, 0.29) is 18.3 Å². The van der Waals surface area contributed by atoms with Gasteiger partial charge in [0, 0.05) is 31.5 Å². The van der Waals surface area contributed by atoms with E-state index in [1.165, 1.54) is 5.56 Å². The molecule has 0 atom stereocenters. The van der Waals surface area contributed by atoms with Gasteiger partial charge in [-0.05, 0) is 11.5 Å². The van der Waals surface area contributed by atoms with E-state index >= 15 is 0 Å². The Morgan fingerprint density at radius 1 is 1.30 bits per heavy atom. The van der Waals surface area contributed by atoms with Gasteiger partial charge in [0.2, 0.25) is 17.6 Å². The standard InChI is InChI=1S/C16H22N4O2.ClH/c1-11(2)12-3-5-13(6-4-12)16-19-15(22-20-16)8-7-14(21)18-10-9-17;/h3-6,11H,7-10,17H2,1-2H3,(H,18,21);1H. The lowest BCUT2D eigenvalue weighted by Gasteiger charge is -2.04. The minimum atomic E-state index is -0.0634. The summed E-state index contributed by atoms with van der Waals surface area (Å²) in [5.41, 5.74) is 7.50. The number of nitrogens with one attached hydrogen (secondary N) is 1. The molecule has 0 bridgehead atoms. The van der Waals surface area contributed by atoms with Crippen LogP contribution >= 0.6 is 12.4 Å². The highest BCUT2D eigenvalue weighted by Crippen LogP contribution is 2.20. The van der Waals surface area contributed by atoms with Crippen molar-refractivity contribution in [3.05, 3.63) is 35.7 Å². The molecule has 0 saturated heterocycles. The molecule has 3 N–H and O–H groups in total. The Balaban J connectivity index is 0.00000264. The molecular formula is C16H23ClN4O2. The van der Waals surface area contributed by atoms with Gasteiger partial charge < -0.3 is 15.6 Å². The molecule has 0 unspecified atom stereocenters. The molecule has 1 amide bonds. The molecule has 0 aliphatic carbocycles. The molecule has 6 nitrogen and oxygen atoms in total. The highest BCUT2D eigenvalue weighted by Gasteiger charge is 2.11. The maximum Gasteiger partial charge on any atom is 0.227 e. The van der Waals surface area contributed by atoms with Gasteiger partial charge in [-0.15, -0.1) is 12.4 Å². The summed E-state index contributed by atoms with van der Waals surface area (Å²) in [4.78, 5) is 15.8. The maximum absolute atomic E-state index is 11.5. The van der Waals surface area contributed by atoms with Crippen LogP contribution in [0.25, 0.3) is 11.4 Å². The van der Waals surface area contributed by atoms with Crippen molar-refractivity contribution in [2.75, 3.05) is 13.1 Å². The lowest BCUT2D eigenvalue weighted by atomic mass is 10.0. The second-order valence-corrected chi connectivity index (χ2v) is 5.43. The van der Waals surface area contributed by atoms with Crippen LogP contribution in [-0.4, -0.2) is 29.1 Å². The maximum atomic E-state index is 11.5. The van der Waals surface area contributed by atoms with Crippen LogP contribution in [0.5, 0.6) is 0 Å². The van der Waals surface area contributed by atoms with Gasteiger partial charge >= 0.3 is 0 Å². The zero-order valence-electron chi connectivity index (χ0n) is 13.4. The van der Waals surface area contributed by atoms with E-state index in [9.17, 15) is 4.79 Å². The van der Waals surface area contributed by atoms with Gasteiger partial charge in [0.1, 0.15) is 0 Å². The van der Waals surface area contributed by atoms with Crippen molar-refractivity contribution >= 4 is 18.3 Å². The minimum absolute atomic E-state index is 0. The van der Waals surface area contributed by atoms with Crippen LogP contribution in [0, 0.1) is 0 Å². The van der Waals surface area contributed by atoms with Crippen molar-refractivity contribution in [2.45, 2.75) is 32.6 Å². The van der Waals surface area contributed by atoms with Crippen molar-refractivity contribution in [2.24, 2.45) is 5.73 Å². The van der Waals surface area contributed by atoms with Gasteiger partial charge in [0.25, 0.3) is 0 Å². The van der Waals surface area contributed by atoms with Crippen LogP contribution < -0.4 is 11.1 Å². The number of halogens is 1. The molecule has 2 aromatic rings. The smallest absolute Gasteiger partial charge is 0.227 e. The van der Waals surface area contributed by atoms with E-state index < -0.39 is 0 Å². The van der Waals surface area contributed by atoms with Crippen molar-refractivity contribution in [3.63, 3.8) is 0 Å². The normalized spacial score (nSPS) is 10.4. The lowest BCUT2D eigenvalue weighted by molar-refractivity contribution is -0.121. The fourth-order valence-corrected chi connectivity index (χ4v) is 2.01. The van der Waals surface area contributed by atoms with Crippen molar-refractivity contribution in [1.82, 2.24) is 15.5 Å². The second-order valence-electron chi connectivity index (χ2n) is 5.43. The topological polar surface area (TPSA) is 94.0 Å². The summed E-state index contributed by atoms with van der Waals surface area (Å²) in [6.45, 7) is 5.22. The van der Waals surface area contributed by atoms with Gasteiger partial charge in [-0.1, -0.05) is 43.3 Å². The highest BCUT2D eigenvalue weighted by molar-refractivity contribution is 5.85. The largest absolute Gasteiger partial charge is 0.355 e. The van der Waals surface area contributed by atoms with Gasteiger partial charge in [0.05, 0.1) is 0 Å². The fraction of sp³-hybridized carbons (Fsp3) is 0.438. The number of benzene rings is 1. The first-order valence-corrected chi connectivity index (χ1v) is 7.50. The zero-order chi connectivity index (χ0) is 15.9. The Bertz CT molecular complexity index is 611. The number of hydrogen-bond donors (Lipinski definition) is 2. The zero-order valence-corrected chi connectivity index (χ0v) is 14.2. The van der Waals surface area contributed by atoms with E-state index in [1.807, 2.05) is 12.1 Å². The summed E-state index contributed by atoms with van der Waals surface area (Å²) in [6.07, 6.45) is 0.738. The third-order valence-electron chi connectivity index (χ3n) is 3.34. The van der Waals surface area contributed by atoms with Gasteiger partial charge in [-0.2, -0.15) is 4.98 Å². The van der Waals surface area contributed by atoms with Crippen LogP contribution in [-0.2, 0) is 11.2 Å². The van der Waals surface area contributed by atoms with Crippen molar-refractivity contribution in [3.8, 4) is 11.4 Å². The van der Waals surface area contributed by atoms with E-state index in [0.29, 0.717) is 43.6 Å². The number of hydrogen-bond acceptors (Lipinski definition) is 5. The summed E-state index contributed by atoms with van der Waals surface area (Å²) in [6, 6.07) is 8.10. The van der Waals surface area contributed by atoms with Crippen molar-refractivity contribution in [1.29, 1.82) is 0 Å². The summed E-state index contributed by atoms with van der Waals surface area (Å²) in [7, 11) is 0. The number of nitrogens with two attached hydrogens (primary N) is 1. The molecule has 0 aliphatic heterocycles. The predicted molar refractivity (Wildman–Crippen MR) is 91.5 cm³/mol. The molecule has 1 heterocycles. The Hall–Kier alpha value is -1.92. The van der Waals surface area contributed by atoms with Gasteiger partial charge in [-0.25, -0.2) is 0 Å². The van der Waals surface area contributed by atoms with E-state index in [1.54, 1.807) is 0 Å². The predicted octanol–water partition coefficient (Wildman–Crippen LogP) is 2.29. The Morgan fingerprint density at radius 2 is 2.00 bits per heavy atom. The van der Waals surface area contributed by atoms with E-state index in [0.717, 1.165) is 5.56 Å². The number of aromatic nitrogens is 2. The van der Waals surface area contributed by atoms with Crippen LogP contribution in [0.1, 0.15) is 37.6 Å². The fourth-order valence-electron chi connectivity index (χ4n) is 2.01. The molecule has 2 rings (SSSR count). The number of carbonyl (C=O) groups is 1. The first kappa shape index (κ1) is 19.1. The van der Waals surface area contributed by atoms with Gasteiger partial charge in [0.15, 0.2) is 0 Å².